The van der Waals surface area contributed by atoms with Gasteiger partial charge in [0, 0.05) is 12.6 Å². The van der Waals surface area contributed by atoms with Crippen molar-refractivity contribution in [1.29, 1.82) is 0 Å². The van der Waals surface area contributed by atoms with Crippen LogP contribution in [0.4, 0.5) is 0 Å². The highest BCUT2D eigenvalue weighted by Gasteiger charge is 2.05. The molecule has 0 atom stereocenters. The molecule has 0 spiro atoms. The Morgan fingerprint density at radius 1 is 1.18 bits per heavy atom. The van der Waals surface area contributed by atoms with Gasteiger partial charge in [0.25, 0.3) is 0 Å². The fraction of sp³-hybridized carbons (Fsp3) is 0.357. The third-order valence-electron chi connectivity index (χ3n) is 2.52. The van der Waals surface area contributed by atoms with Crippen molar-refractivity contribution in [3.05, 3.63) is 36.0 Å². The van der Waals surface area contributed by atoms with Crippen LogP contribution in [0.3, 0.4) is 0 Å². The molecular formula is C14H18N2O. The summed E-state index contributed by atoms with van der Waals surface area (Å²) >= 11 is 0. The van der Waals surface area contributed by atoms with Gasteiger partial charge in [0.1, 0.15) is 5.75 Å². The number of hydrogen-bond donors (Lipinski definition) is 0. The summed E-state index contributed by atoms with van der Waals surface area (Å²) in [6.45, 7) is 6.05. The van der Waals surface area contributed by atoms with Crippen LogP contribution < -0.4 is 4.74 Å². The Balaban J connectivity index is 2.26. The first-order valence-electron chi connectivity index (χ1n) is 5.84. The first kappa shape index (κ1) is 11.7. The molecule has 2 rings (SSSR count). The summed E-state index contributed by atoms with van der Waals surface area (Å²) in [7, 11) is 1.96. The summed E-state index contributed by atoms with van der Waals surface area (Å²) < 4.78 is 7.51. The van der Waals surface area contributed by atoms with Crippen LogP contribution in [-0.4, -0.2) is 15.9 Å². The third-order valence-corrected chi connectivity index (χ3v) is 2.52. The van der Waals surface area contributed by atoms with Gasteiger partial charge in [0.15, 0.2) is 0 Å². The zero-order chi connectivity index (χ0) is 12.4. The monoisotopic (exact) mass is 230 g/mol. The van der Waals surface area contributed by atoms with E-state index < -0.39 is 0 Å². The lowest BCUT2D eigenvalue weighted by atomic mass is 10.1. The molecule has 0 N–H and O–H groups in total. The summed E-state index contributed by atoms with van der Waals surface area (Å²) in [5.41, 5.74) is 3.31. The molecule has 0 amide bonds. The molecule has 0 bridgehead atoms. The van der Waals surface area contributed by atoms with Crippen LogP contribution >= 0.6 is 0 Å². The van der Waals surface area contributed by atoms with Gasteiger partial charge in [0.05, 0.1) is 17.5 Å². The quantitative estimate of drug-likeness (QED) is 0.809. The van der Waals surface area contributed by atoms with Gasteiger partial charge in [-0.15, -0.1) is 0 Å². The Morgan fingerprint density at radius 2 is 1.82 bits per heavy atom. The van der Waals surface area contributed by atoms with E-state index in [2.05, 4.69) is 23.3 Å². The molecule has 0 fully saturated rings. The van der Waals surface area contributed by atoms with Gasteiger partial charge in [-0.25, -0.2) is 0 Å². The minimum Gasteiger partial charge on any atom is -0.491 e. The summed E-state index contributed by atoms with van der Waals surface area (Å²) in [6, 6.07) is 10.2. The second kappa shape index (κ2) is 4.62. The highest BCUT2D eigenvalue weighted by Crippen LogP contribution is 2.23. The van der Waals surface area contributed by atoms with Crippen molar-refractivity contribution in [2.24, 2.45) is 7.05 Å². The van der Waals surface area contributed by atoms with Gasteiger partial charge in [-0.1, -0.05) is 0 Å². The summed E-state index contributed by atoms with van der Waals surface area (Å²) in [5.74, 6) is 0.905. The maximum atomic E-state index is 5.62. The van der Waals surface area contributed by atoms with Crippen LogP contribution in [0.1, 0.15) is 19.5 Å². The summed E-state index contributed by atoms with van der Waals surface area (Å²) in [4.78, 5) is 0. The largest absolute Gasteiger partial charge is 0.491 e. The van der Waals surface area contributed by atoms with Gasteiger partial charge >= 0.3 is 0 Å². The van der Waals surface area contributed by atoms with Gasteiger partial charge in [-0.05, 0) is 51.1 Å². The smallest absolute Gasteiger partial charge is 0.119 e. The first-order chi connectivity index (χ1) is 8.06. The molecule has 3 nitrogen and oxygen atoms in total. The summed E-state index contributed by atoms with van der Waals surface area (Å²) in [6.07, 6.45) is 0.208. The Morgan fingerprint density at radius 3 is 2.29 bits per heavy atom. The first-order valence-corrected chi connectivity index (χ1v) is 5.84. The molecular weight excluding hydrogens is 212 g/mol. The topological polar surface area (TPSA) is 27.1 Å². The second-order valence-electron chi connectivity index (χ2n) is 4.49. The Labute approximate surface area is 102 Å². The van der Waals surface area contributed by atoms with Crippen molar-refractivity contribution in [3.8, 4) is 17.0 Å². The van der Waals surface area contributed by atoms with E-state index in [0.717, 1.165) is 22.7 Å². The molecule has 1 heterocycles. The Bertz CT molecular complexity index is 497. The minimum absolute atomic E-state index is 0.208. The normalized spacial score (nSPS) is 10.9. The molecule has 0 aliphatic carbocycles. The standard InChI is InChI=1S/C14H18N2O/c1-10(2)17-13-7-5-12(6-8-13)14-9-11(3)15-16(14)4/h5-10H,1-4H3. The maximum Gasteiger partial charge on any atom is 0.119 e. The molecule has 0 aliphatic rings. The number of nitrogens with zero attached hydrogens (tertiary/aromatic N) is 2. The molecule has 0 radical (unpaired) electrons. The lowest BCUT2D eigenvalue weighted by molar-refractivity contribution is 0.242. The van der Waals surface area contributed by atoms with Crippen LogP contribution in [0.25, 0.3) is 11.3 Å². The molecule has 17 heavy (non-hydrogen) atoms. The maximum absolute atomic E-state index is 5.62. The van der Waals surface area contributed by atoms with Crippen molar-refractivity contribution in [2.75, 3.05) is 0 Å². The number of ether oxygens (including phenoxy) is 1. The zero-order valence-electron chi connectivity index (χ0n) is 10.8. The van der Waals surface area contributed by atoms with E-state index in [-0.39, 0.29) is 6.10 Å². The van der Waals surface area contributed by atoms with Gasteiger partial charge in [-0.2, -0.15) is 5.10 Å². The molecule has 3 heteroatoms. The zero-order valence-corrected chi connectivity index (χ0v) is 10.8. The SMILES string of the molecule is Cc1cc(-c2ccc(OC(C)C)cc2)n(C)n1. The van der Waals surface area contributed by atoms with E-state index >= 15 is 0 Å². The van der Waals surface area contributed by atoms with Crippen LogP contribution in [0.15, 0.2) is 30.3 Å². The van der Waals surface area contributed by atoms with Gasteiger partial charge in [0.2, 0.25) is 0 Å². The third kappa shape index (κ3) is 2.67. The van der Waals surface area contributed by atoms with Crippen molar-refractivity contribution in [1.82, 2.24) is 9.78 Å². The molecule has 0 saturated heterocycles. The molecule has 0 aliphatic heterocycles. The van der Waals surface area contributed by atoms with E-state index in [9.17, 15) is 0 Å². The van der Waals surface area contributed by atoms with Gasteiger partial charge in [-0.3, -0.25) is 4.68 Å². The van der Waals surface area contributed by atoms with E-state index in [1.807, 2.05) is 44.6 Å². The van der Waals surface area contributed by atoms with Crippen LogP contribution in [-0.2, 0) is 7.05 Å². The molecule has 90 valence electrons. The number of aryl methyl sites for hydroxylation is 2. The van der Waals surface area contributed by atoms with Crippen LogP contribution in [0, 0.1) is 6.92 Å². The van der Waals surface area contributed by atoms with Crippen molar-refractivity contribution in [2.45, 2.75) is 26.9 Å². The predicted octanol–water partition coefficient (Wildman–Crippen LogP) is 3.18. The van der Waals surface area contributed by atoms with Crippen LogP contribution in [0.5, 0.6) is 5.75 Å². The highest BCUT2D eigenvalue weighted by molar-refractivity contribution is 5.60. The number of benzene rings is 1. The summed E-state index contributed by atoms with van der Waals surface area (Å²) in [5, 5.41) is 4.34. The molecule has 1 aromatic carbocycles. The van der Waals surface area contributed by atoms with Crippen molar-refractivity contribution in [3.63, 3.8) is 0 Å². The number of hydrogen-bond acceptors (Lipinski definition) is 2. The highest BCUT2D eigenvalue weighted by atomic mass is 16.5. The molecule has 2 aromatic rings. The number of aromatic nitrogens is 2. The Hall–Kier alpha value is -1.77. The van der Waals surface area contributed by atoms with E-state index in [1.54, 1.807) is 0 Å². The van der Waals surface area contributed by atoms with Gasteiger partial charge < -0.3 is 4.74 Å². The van der Waals surface area contributed by atoms with Crippen molar-refractivity contribution < 1.29 is 4.74 Å². The van der Waals surface area contributed by atoms with E-state index in [1.165, 1.54) is 0 Å². The fourth-order valence-electron chi connectivity index (χ4n) is 1.86. The Kier molecular flexibility index (Phi) is 3.18. The molecule has 0 saturated carbocycles. The van der Waals surface area contributed by atoms with E-state index in [4.69, 9.17) is 4.74 Å². The number of rotatable bonds is 3. The lowest BCUT2D eigenvalue weighted by Gasteiger charge is -2.10. The predicted molar refractivity (Wildman–Crippen MR) is 69.1 cm³/mol. The van der Waals surface area contributed by atoms with Crippen LogP contribution in [0.2, 0.25) is 0 Å². The average Bonchev–Trinajstić information content (AvgIpc) is 2.58. The van der Waals surface area contributed by atoms with Crippen molar-refractivity contribution >= 4 is 0 Å². The fourth-order valence-corrected chi connectivity index (χ4v) is 1.86. The minimum atomic E-state index is 0.208. The second-order valence-corrected chi connectivity index (χ2v) is 4.49. The lowest BCUT2D eigenvalue weighted by Crippen LogP contribution is -2.05. The average molecular weight is 230 g/mol. The molecule has 0 unspecified atom stereocenters. The molecule has 1 aromatic heterocycles. The van der Waals surface area contributed by atoms with E-state index in [0.29, 0.717) is 0 Å².